The molecular formula is C26H36N2. The summed E-state index contributed by atoms with van der Waals surface area (Å²) in [5, 5.41) is 7.47. The second-order valence-electron chi connectivity index (χ2n) is 8.38. The van der Waals surface area contributed by atoms with Crippen LogP contribution in [-0.2, 0) is 5.41 Å². The smallest absolute Gasteiger partial charge is 0.0343 e. The van der Waals surface area contributed by atoms with Crippen LogP contribution < -0.4 is 10.6 Å². The van der Waals surface area contributed by atoms with Crippen LogP contribution in [0.4, 0.5) is 0 Å². The summed E-state index contributed by atoms with van der Waals surface area (Å²) in [6, 6.07) is 20.3. The molecule has 0 saturated heterocycles. The van der Waals surface area contributed by atoms with Crippen molar-refractivity contribution in [3.63, 3.8) is 0 Å². The van der Waals surface area contributed by atoms with Crippen LogP contribution in [0.1, 0.15) is 62.1 Å². The van der Waals surface area contributed by atoms with Crippen molar-refractivity contribution in [3.8, 4) is 0 Å². The maximum absolute atomic E-state index is 4.34. The van der Waals surface area contributed by atoms with Crippen LogP contribution in [0.5, 0.6) is 0 Å². The molecule has 28 heavy (non-hydrogen) atoms. The van der Waals surface area contributed by atoms with E-state index in [-0.39, 0.29) is 5.41 Å². The first-order valence-electron chi connectivity index (χ1n) is 10.9. The van der Waals surface area contributed by atoms with Gasteiger partial charge in [0.2, 0.25) is 0 Å². The molecule has 0 atom stereocenters. The highest BCUT2D eigenvalue weighted by Crippen LogP contribution is 2.39. The number of hydrogen-bond donors (Lipinski definition) is 2. The summed E-state index contributed by atoms with van der Waals surface area (Å²) in [4.78, 5) is 0. The van der Waals surface area contributed by atoms with E-state index in [1.54, 1.807) is 0 Å². The summed E-state index contributed by atoms with van der Waals surface area (Å²) in [6.45, 7) is 10.9. The van der Waals surface area contributed by atoms with Crippen molar-refractivity contribution in [3.05, 3.63) is 77.9 Å². The maximum atomic E-state index is 4.34. The molecule has 0 aromatic heterocycles. The molecule has 0 amide bonds. The van der Waals surface area contributed by atoms with Crippen LogP contribution in [0.15, 0.2) is 61.2 Å². The Hall–Kier alpha value is -2.06. The molecule has 3 rings (SSSR count). The molecular weight excluding hydrogens is 340 g/mol. The minimum absolute atomic E-state index is 0.190. The van der Waals surface area contributed by atoms with Gasteiger partial charge in [0.1, 0.15) is 0 Å². The Balaban J connectivity index is 1.69. The Morgan fingerprint density at radius 1 is 1.04 bits per heavy atom. The molecule has 0 aliphatic heterocycles. The van der Waals surface area contributed by atoms with Gasteiger partial charge in [0.15, 0.2) is 0 Å². The van der Waals surface area contributed by atoms with Gasteiger partial charge in [-0.2, -0.15) is 0 Å². The molecule has 1 aliphatic carbocycles. The number of unbranched alkanes of at least 4 members (excludes halogenated alkanes) is 1. The first kappa shape index (κ1) is 20.7. The number of rotatable bonds is 9. The van der Waals surface area contributed by atoms with Gasteiger partial charge < -0.3 is 10.6 Å². The normalized spacial score (nSPS) is 22.0. The third-order valence-corrected chi connectivity index (χ3v) is 6.40. The van der Waals surface area contributed by atoms with E-state index in [0.29, 0.717) is 6.04 Å². The minimum Gasteiger partial charge on any atom is -0.384 e. The topological polar surface area (TPSA) is 24.1 Å². The third kappa shape index (κ3) is 5.05. The average molecular weight is 377 g/mol. The SMILES string of the molecule is C=C(NCC1(c2ccccc2)CCC(NCCCC)CC1)c1ccccc1C. The van der Waals surface area contributed by atoms with Gasteiger partial charge in [-0.05, 0) is 62.3 Å². The Bertz CT molecular complexity index is 742. The number of benzene rings is 2. The zero-order valence-electron chi connectivity index (χ0n) is 17.6. The van der Waals surface area contributed by atoms with Crippen molar-refractivity contribution in [1.29, 1.82) is 0 Å². The number of aryl methyl sites for hydroxylation is 1. The number of hydrogen-bond acceptors (Lipinski definition) is 2. The summed E-state index contributed by atoms with van der Waals surface area (Å²) < 4.78 is 0. The summed E-state index contributed by atoms with van der Waals surface area (Å²) in [5.41, 5.74) is 5.19. The van der Waals surface area contributed by atoms with Crippen LogP contribution in [0.25, 0.3) is 5.70 Å². The average Bonchev–Trinajstić information content (AvgIpc) is 2.74. The van der Waals surface area contributed by atoms with Gasteiger partial charge in [-0.25, -0.2) is 0 Å². The third-order valence-electron chi connectivity index (χ3n) is 6.40. The summed E-state index contributed by atoms with van der Waals surface area (Å²) in [5.74, 6) is 0. The van der Waals surface area contributed by atoms with Crippen LogP contribution in [-0.4, -0.2) is 19.1 Å². The standard InChI is InChI=1S/C26H36N2/c1-4-5-19-27-24-15-17-26(18-16-24,23-12-7-6-8-13-23)20-28-22(3)25-14-10-9-11-21(25)2/h6-14,24,27-28H,3-5,15-20H2,1-2H3. The summed E-state index contributed by atoms with van der Waals surface area (Å²) >= 11 is 0. The largest absolute Gasteiger partial charge is 0.384 e. The Morgan fingerprint density at radius 2 is 1.71 bits per heavy atom. The highest BCUT2D eigenvalue weighted by atomic mass is 14.9. The fourth-order valence-electron chi connectivity index (χ4n) is 4.50. The molecule has 2 N–H and O–H groups in total. The molecule has 0 spiro atoms. The molecule has 1 aliphatic rings. The molecule has 2 aromatic carbocycles. The molecule has 0 unspecified atom stereocenters. The van der Waals surface area contributed by atoms with Crippen LogP contribution in [0, 0.1) is 6.92 Å². The monoisotopic (exact) mass is 376 g/mol. The maximum Gasteiger partial charge on any atom is 0.0343 e. The van der Waals surface area contributed by atoms with Gasteiger partial charge in [0.05, 0.1) is 0 Å². The van der Waals surface area contributed by atoms with Crippen LogP contribution in [0.2, 0.25) is 0 Å². The Labute approximate surface area is 171 Å². The quantitative estimate of drug-likeness (QED) is 0.538. The van der Waals surface area contributed by atoms with E-state index >= 15 is 0 Å². The van der Waals surface area contributed by atoms with E-state index in [4.69, 9.17) is 0 Å². The molecule has 2 aromatic rings. The lowest BCUT2D eigenvalue weighted by Gasteiger charge is -2.41. The molecule has 1 saturated carbocycles. The second-order valence-corrected chi connectivity index (χ2v) is 8.38. The van der Waals surface area contributed by atoms with Crippen molar-refractivity contribution in [2.24, 2.45) is 0 Å². The van der Waals surface area contributed by atoms with Crippen LogP contribution in [0.3, 0.4) is 0 Å². The zero-order chi connectivity index (χ0) is 19.8. The van der Waals surface area contributed by atoms with Crippen molar-refractivity contribution in [2.75, 3.05) is 13.1 Å². The molecule has 0 bridgehead atoms. The van der Waals surface area contributed by atoms with Crippen molar-refractivity contribution in [1.82, 2.24) is 10.6 Å². The van der Waals surface area contributed by atoms with E-state index < -0.39 is 0 Å². The Morgan fingerprint density at radius 3 is 2.39 bits per heavy atom. The fourth-order valence-corrected chi connectivity index (χ4v) is 4.50. The molecule has 150 valence electrons. The van der Waals surface area contributed by atoms with E-state index in [9.17, 15) is 0 Å². The first-order valence-corrected chi connectivity index (χ1v) is 10.9. The van der Waals surface area contributed by atoms with Gasteiger partial charge in [0, 0.05) is 23.7 Å². The second kappa shape index (κ2) is 9.93. The molecule has 0 heterocycles. The predicted molar refractivity (Wildman–Crippen MR) is 122 cm³/mol. The molecule has 0 radical (unpaired) electrons. The van der Waals surface area contributed by atoms with Gasteiger partial charge >= 0.3 is 0 Å². The van der Waals surface area contributed by atoms with E-state index in [0.717, 1.165) is 18.8 Å². The van der Waals surface area contributed by atoms with Gasteiger partial charge in [0.25, 0.3) is 0 Å². The van der Waals surface area contributed by atoms with Gasteiger partial charge in [-0.15, -0.1) is 0 Å². The lowest BCUT2D eigenvalue weighted by atomic mass is 9.68. The van der Waals surface area contributed by atoms with Crippen molar-refractivity contribution >= 4 is 5.70 Å². The highest BCUT2D eigenvalue weighted by molar-refractivity contribution is 5.64. The molecule has 2 heteroatoms. The molecule has 2 nitrogen and oxygen atoms in total. The van der Waals surface area contributed by atoms with E-state index in [2.05, 4.69) is 85.7 Å². The lowest BCUT2D eigenvalue weighted by molar-refractivity contribution is 0.244. The predicted octanol–water partition coefficient (Wildman–Crippen LogP) is 5.83. The van der Waals surface area contributed by atoms with Gasteiger partial charge in [-0.3, -0.25) is 0 Å². The first-order chi connectivity index (χ1) is 13.6. The van der Waals surface area contributed by atoms with E-state index in [1.165, 1.54) is 55.2 Å². The van der Waals surface area contributed by atoms with Crippen molar-refractivity contribution < 1.29 is 0 Å². The summed E-state index contributed by atoms with van der Waals surface area (Å²) in [7, 11) is 0. The zero-order valence-corrected chi connectivity index (χ0v) is 17.6. The van der Waals surface area contributed by atoms with E-state index in [1.807, 2.05) is 0 Å². The van der Waals surface area contributed by atoms with Crippen LogP contribution >= 0.6 is 0 Å². The number of nitrogens with one attached hydrogen (secondary N) is 2. The minimum atomic E-state index is 0.190. The highest BCUT2D eigenvalue weighted by Gasteiger charge is 2.36. The lowest BCUT2D eigenvalue weighted by Crippen LogP contribution is -2.45. The fraction of sp³-hybridized carbons (Fsp3) is 0.462. The van der Waals surface area contributed by atoms with Gasteiger partial charge in [-0.1, -0.05) is 74.5 Å². The molecule has 1 fully saturated rings. The Kier molecular flexibility index (Phi) is 7.33. The van der Waals surface area contributed by atoms with Crippen molar-refractivity contribution in [2.45, 2.75) is 63.8 Å². The summed E-state index contributed by atoms with van der Waals surface area (Å²) in [6.07, 6.45) is 7.47.